The summed E-state index contributed by atoms with van der Waals surface area (Å²) in [5.41, 5.74) is -0.291. The highest BCUT2D eigenvalue weighted by Crippen LogP contribution is 2.34. The third kappa shape index (κ3) is 3.23. The zero-order valence-corrected chi connectivity index (χ0v) is 11.1. The molecule has 0 fully saturated rings. The molecule has 0 radical (unpaired) electrons. The number of aliphatic hydroxyl groups is 1. The molecule has 20 heavy (non-hydrogen) atoms. The minimum Gasteiger partial charge on any atom is -0.809 e. The Morgan fingerprint density at radius 2 is 2.25 bits per heavy atom. The first kappa shape index (κ1) is 14.7. The summed E-state index contributed by atoms with van der Waals surface area (Å²) in [5.74, 6) is -1.63. The first-order valence-corrected chi connectivity index (χ1v) is 7.35. The van der Waals surface area contributed by atoms with Gasteiger partial charge in [0.25, 0.3) is 5.56 Å². The van der Waals surface area contributed by atoms with Gasteiger partial charge in [-0.3, -0.25) is 9.78 Å². The summed E-state index contributed by atoms with van der Waals surface area (Å²) in [6, 6.07) is 0. The van der Waals surface area contributed by atoms with E-state index in [1.165, 1.54) is 6.33 Å². The number of aromatic nitrogens is 4. The molecule has 2 rings (SSSR count). The molecule has 0 spiro atoms. The molecule has 1 atom stereocenters. The number of aromatic amines is 2. The second kappa shape index (κ2) is 5.71. The Kier molecular flexibility index (Phi) is 4.19. The van der Waals surface area contributed by atoms with Gasteiger partial charge in [-0.25, -0.2) is 4.98 Å². The van der Waals surface area contributed by atoms with Crippen molar-refractivity contribution in [1.82, 2.24) is 19.9 Å². The quantitative estimate of drug-likeness (QED) is 0.447. The lowest BCUT2D eigenvalue weighted by Crippen LogP contribution is -2.33. The number of rotatable bonds is 6. The lowest BCUT2D eigenvalue weighted by atomic mass is 10.3. The Bertz CT molecular complexity index is 691. The Morgan fingerprint density at radius 1 is 1.50 bits per heavy atom. The van der Waals surface area contributed by atoms with Crippen molar-refractivity contribution in [2.75, 3.05) is 11.9 Å². The van der Waals surface area contributed by atoms with Crippen LogP contribution in [-0.4, -0.2) is 37.4 Å². The monoisotopic (exact) mass is 301 g/mol. The molecular weight excluding hydrogens is 289 g/mol. The second-order valence-corrected chi connectivity index (χ2v) is 5.78. The largest absolute Gasteiger partial charge is 0.809 e. The molecule has 11 heteroatoms. The van der Waals surface area contributed by atoms with Gasteiger partial charge in [-0.1, -0.05) is 0 Å². The average molecular weight is 301 g/mol. The van der Waals surface area contributed by atoms with Crippen LogP contribution in [0.4, 0.5) is 5.95 Å². The Hall–Kier alpha value is -1.74. The lowest BCUT2D eigenvalue weighted by Gasteiger charge is -2.38. The van der Waals surface area contributed by atoms with E-state index in [2.05, 4.69) is 25.3 Å². The number of hydrogen-bond acceptors (Lipinski definition) is 8. The van der Waals surface area contributed by atoms with Crippen LogP contribution in [0.25, 0.3) is 11.2 Å². The molecule has 0 saturated carbocycles. The molecular formula is C9H12N5O5P-2. The number of imidazole rings is 1. The summed E-state index contributed by atoms with van der Waals surface area (Å²) in [4.78, 5) is 46.4. The molecule has 0 saturated heterocycles. The van der Waals surface area contributed by atoms with Crippen molar-refractivity contribution in [3.05, 3.63) is 16.7 Å². The summed E-state index contributed by atoms with van der Waals surface area (Å²) in [6.45, 7) is -0.249. The van der Waals surface area contributed by atoms with Crippen molar-refractivity contribution < 1.29 is 19.5 Å². The second-order valence-electron chi connectivity index (χ2n) is 4.08. The van der Waals surface area contributed by atoms with Crippen molar-refractivity contribution in [1.29, 1.82) is 0 Å². The number of H-pyrrole nitrogens is 2. The van der Waals surface area contributed by atoms with E-state index in [-0.39, 0.29) is 36.6 Å². The van der Waals surface area contributed by atoms with Gasteiger partial charge in [0.1, 0.15) is 0 Å². The van der Waals surface area contributed by atoms with E-state index >= 15 is 0 Å². The van der Waals surface area contributed by atoms with E-state index in [1.54, 1.807) is 0 Å². The lowest BCUT2D eigenvalue weighted by molar-refractivity contribution is -0.316. The molecule has 2 aromatic rings. The zero-order chi connectivity index (χ0) is 14.8. The summed E-state index contributed by atoms with van der Waals surface area (Å²) < 4.78 is 11.1. The van der Waals surface area contributed by atoms with E-state index in [1.807, 2.05) is 0 Å². The van der Waals surface area contributed by atoms with Crippen LogP contribution in [0.15, 0.2) is 11.1 Å². The van der Waals surface area contributed by atoms with E-state index in [0.29, 0.717) is 0 Å². The highest BCUT2D eigenvalue weighted by molar-refractivity contribution is 7.49. The molecule has 2 aromatic heterocycles. The van der Waals surface area contributed by atoms with Crippen LogP contribution in [0.1, 0.15) is 12.8 Å². The van der Waals surface area contributed by atoms with Gasteiger partial charge in [-0.15, -0.1) is 0 Å². The fourth-order valence-electron chi connectivity index (χ4n) is 1.66. The number of aliphatic hydroxyl groups excluding tert-OH is 1. The van der Waals surface area contributed by atoms with Crippen LogP contribution in [-0.2, 0) is 4.57 Å². The Morgan fingerprint density at radius 3 is 2.90 bits per heavy atom. The van der Waals surface area contributed by atoms with Crippen molar-refractivity contribution >= 4 is 24.7 Å². The van der Waals surface area contributed by atoms with Crippen LogP contribution in [0.2, 0.25) is 0 Å². The summed E-state index contributed by atoms with van der Waals surface area (Å²) in [5, 5.41) is 11.1. The fourth-order valence-corrected chi connectivity index (χ4v) is 2.44. The molecule has 0 aliphatic heterocycles. The predicted molar refractivity (Wildman–Crippen MR) is 65.8 cm³/mol. The zero-order valence-electron chi connectivity index (χ0n) is 10.2. The minimum absolute atomic E-state index is 0.0942. The molecule has 10 nitrogen and oxygen atoms in total. The summed E-state index contributed by atoms with van der Waals surface area (Å²) in [6.07, 6.45) is 1.30. The number of fused-ring (bicyclic) bond motifs is 1. The molecule has 0 bridgehead atoms. The number of nitrogens with one attached hydrogen (secondary N) is 3. The highest BCUT2D eigenvalue weighted by Gasteiger charge is 2.15. The topological polar surface area (TPSA) is 170 Å². The van der Waals surface area contributed by atoms with Crippen molar-refractivity contribution in [2.45, 2.75) is 18.6 Å². The maximum absolute atomic E-state index is 11.6. The van der Waals surface area contributed by atoms with Gasteiger partial charge in [0.15, 0.2) is 11.2 Å². The molecule has 0 aliphatic carbocycles. The first-order valence-electron chi connectivity index (χ1n) is 5.74. The van der Waals surface area contributed by atoms with Crippen LogP contribution < -0.4 is 20.7 Å². The maximum atomic E-state index is 11.6. The van der Waals surface area contributed by atoms with Crippen molar-refractivity contribution in [3.63, 3.8) is 0 Å². The third-order valence-electron chi connectivity index (χ3n) is 2.62. The normalized spacial score (nSPS) is 13.6. The maximum Gasteiger partial charge on any atom is 0.278 e. The van der Waals surface area contributed by atoms with Crippen LogP contribution >= 0.6 is 7.60 Å². The van der Waals surface area contributed by atoms with E-state index in [9.17, 15) is 19.1 Å². The van der Waals surface area contributed by atoms with E-state index < -0.39 is 18.9 Å². The highest BCUT2D eigenvalue weighted by atomic mass is 31.2. The number of hydrogen-bond donors (Lipinski definition) is 4. The van der Waals surface area contributed by atoms with E-state index in [4.69, 9.17) is 5.11 Å². The Labute approximate surface area is 112 Å². The molecule has 2 heterocycles. The van der Waals surface area contributed by atoms with E-state index in [0.717, 1.165) is 0 Å². The van der Waals surface area contributed by atoms with Gasteiger partial charge >= 0.3 is 0 Å². The van der Waals surface area contributed by atoms with Gasteiger partial charge in [-0.2, -0.15) is 4.98 Å². The van der Waals surface area contributed by atoms with Gasteiger partial charge in [0.2, 0.25) is 5.95 Å². The van der Waals surface area contributed by atoms with Gasteiger partial charge < -0.3 is 29.8 Å². The number of anilines is 1. The summed E-state index contributed by atoms with van der Waals surface area (Å²) in [7, 11) is -4.94. The van der Waals surface area contributed by atoms with Crippen LogP contribution in [0.5, 0.6) is 0 Å². The molecule has 0 amide bonds. The van der Waals surface area contributed by atoms with Gasteiger partial charge in [0.05, 0.1) is 12.1 Å². The average Bonchev–Trinajstić information content (AvgIpc) is 2.81. The number of nitrogens with zero attached hydrogens (tertiary/aromatic N) is 2. The molecule has 0 aliphatic rings. The van der Waals surface area contributed by atoms with Gasteiger partial charge in [-0.05, 0) is 20.4 Å². The first-order chi connectivity index (χ1) is 9.41. The summed E-state index contributed by atoms with van der Waals surface area (Å²) >= 11 is 0. The van der Waals surface area contributed by atoms with Crippen molar-refractivity contribution in [2.24, 2.45) is 0 Å². The molecule has 110 valence electrons. The third-order valence-corrected chi connectivity index (χ3v) is 3.77. The SMILES string of the molecule is O=c1[nH]c(NC(CCCO)P(=O)([O-])[O-])nc2nc[nH]c12. The van der Waals surface area contributed by atoms with Crippen molar-refractivity contribution in [3.8, 4) is 0 Å². The standard InChI is InChI=1S/C9H14N5O5P/c15-3-1-2-5(20(17,18)19)12-9-13-7-6(8(16)14-9)10-4-11-7/h4-5,15H,1-3H2,(H2,17,18,19)(H3,10,11,12,13,14,16)/p-2. The Balaban J connectivity index is 2.28. The van der Waals surface area contributed by atoms with Crippen LogP contribution in [0, 0.1) is 0 Å². The molecule has 4 N–H and O–H groups in total. The predicted octanol–water partition coefficient (Wildman–Crippen LogP) is -1.93. The van der Waals surface area contributed by atoms with Crippen LogP contribution in [0.3, 0.4) is 0 Å². The molecule has 1 unspecified atom stereocenters. The smallest absolute Gasteiger partial charge is 0.278 e. The minimum atomic E-state index is -4.94. The van der Waals surface area contributed by atoms with Gasteiger partial charge in [0, 0.05) is 6.61 Å². The molecule has 0 aromatic carbocycles. The fraction of sp³-hybridized carbons (Fsp3) is 0.444.